The predicted molar refractivity (Wildman–Crippen MR) is 62.2 cm³/mol. The van der Waals surface area contributed by atoms with E-state index in [4.69, 9.17) is 0 Å². The van der Waals surface area contributed by atoms with Crippen LogP contribution in [-0.4, -0.2) is 10.5 Å². The van der Waals surface area contributed by atoms with Crippen molar-refractivity contribution in [2.75, 3.05) is 0 Å². The number of nitrogens with one attached hydrogen (secondary N) is 1. The van der Waals surface area contributed by atoms with Crippen LogP contribution < -0.4 is 5.32 Å². The molecule has 1 aromatic carbocycles. The zero-order valence-corrected chi connectivity index (χ0v) is 8.42. The first-order valence-corrected chi connectivity index (χ1v) is 4.89. The molecule has 1 aromatic heterocycles. The van der Waals surface area contributed by atoms with Crippen molar-refractivity contribution in [3.05, 3.63) is 42.1 Å². The largest absolute Gasteiger partial charge is 0.377 e. The monoisotopic (exact) mass is 202 g/mol. The summed E-state index contributed by atoms with van der Waals surface area (Å²) >= 11 is 4.68. The number of nitrogens with zero attached hydrogens (tertiary/aromatic N) is 1. The van der Waals surface area contributed by atoms with Gasteiger partial charge in [-0.25, -0.2) is 0 Å². The van der Waals surface area contributed by atoms with Crippen LogP contribution in [0.3, 0.4) is 0 Å². The maximum absolute atomic E-state index is 4.68. The number of hydrogen-bond donors (Lipinski definition) is 1. The van der Waals surface area contributed by atoms with E-state index in [1.807, 2.05) is 24.3 Å². The second kappa shape index (κ2) is 4.15. The summed E-state index contributed by atoms with van der Waals surface area (Å²) in [6, 6.07) is 12.1. The summed E-state index contributed by atoms with van der Waals surface area (Å²) in [6.45, 7) is 0.689. The first-order valence-electron chi connectivity index (χ1n) is 4.42. The standard InChI is InChI=1S/C11H10N2S/c14-8-12-7-10-6-5-9-3-1-2-4-11(9)13-10/h1-6,8H,7H2,(H,12,14). The molecular formula is C11H10N2S. The Kier molecular flexibility index (Phi) is 2.70. The van der Waals surface area contributed by atoms with Crippen LogP contribution in [0.4, 0.5) is 0 Å². The Hall–Kier alpha value is -1.48. The molecule has 0 radical (unpaired) electrons. The average molecular weight is 202 g/mol. The first-order chi connectivity index (χ1) is 6.90. The topological polar surface area (TPSA) is 24.9 Å². The second-order valence-electron chi connectivity index (χ2n) is 2.99. The van der Waals surface area contributed by atoms with Crippen molar-refractivity contribution < 1.29 is 0 Å². The molecule has 0 aliphatic heterocycles. The molecule has 0 aliphatic carbocycles. The molecule has 0 spiro atoms. The minimum absolute atomic E-state index is 0.689. The third-order valence-corrected chi connectivity index (χ3v) is 2.19. The van der Waals surface area contributed by atoms with Gasteiger partial charge in [-0.15, -0.1) is 0 Å². The number of benzene rings is 1. The molecule has 70 valence electrons. The van der Waals surface area contributed by atoms with Crippen LogP contribution in [0.1, 0.15) is 5.69 Å². The fourth-order valence-electron chi connectivity index (χ4n) is 1.35. The van der Waals surface area contributed by atoms with Crippen molar-refractivity contribution in [1.82, 2.24) is 10.3 Å². The zero-order chi connectivity index (χ0) is 9.80. The summed E-state index contributed by atoms with van der Waals surface area (Å²) in [5.74, 6) is 0. The molecule has 3 heteroatoms. The molecule has 0 aliphatic rings. The maximum atomic E-state index is 4.68. The van der Waals surface area contributed by atoms with Gasteiger partial charge >= 0.3 is 0 Å². The first kappa shape index (κ1) is 9.09. The van der Waals surface area contributed by atoms with E-state index in [0.717, 1.165) is 11.2 Å². The Morgan fingerprint density at radius 3 is 2.93 bits per heavy atom. The van der Waals surface area contributed by atoms with Crippen LogP contribution in [0.15, 0.2) is 36.4 Å². The smallest absolute Gasteiger partial charge is 0.0706 e. The van der Waals surface area contributed by atoms with Gasteiger partial charge in [-0.2, -0.15) is 0 Å². The Morgan fingerprint density at radius 1 is 1.21 bits per heavy atom. The third kappa shape index (κ3) is 1.88. The quantitative estimate of drug-likeness (QED) is 0.773. The van der Waals surface area contributed by atoms with Gasteiger partial charge < -0.3 is 5.32 Å². The van der Waals surface area contributed by atoms with E-state index in [-0.39, 0.29) is 0 Å². The molecule has 0 atom stereocenters. The number of aromatic nitrogens is 1. The van der Waals surface area contributed by atoms with Crippen molar-refractivity contribution in [2.24, 2.45) is 0 Å². The van der Waals surface area contributed by atoms with Crippen molar-refractivity contribution in [2.45, 2.75) is 6.54 Å². The molecule has 2 aromatic rings. The van der Waals surface area contributed by atoms with Crippen LogP contribution in [-0.2, 0) is 6.54 Å². The van der Waals surface area contributed by atoms with E-state index in [1.165, 1.54) is 10.9 Å². The summed E-state index contributed by atoms with van der Waals surface area (Å²) in [6.07, 6.45) is 0. The fourth-order valence-corrected chi connectivity index (χ4v) is 1.44. The lowest BCUT2D eigenvalue weighted by Crippen LogP contribution is -2.09. The van der Waals surface area contributed by atoms with E-state index in [0.29, 0.717) is 6.54 Å². The van der Waals surface area contributed by atoms with Crippen LogP contribution in [0.25, 0.3) is 10.9 Å². The molecule has 0 unspecified atom stereocenters. The van der Waals surface area contributed by atoms with Crippen molar-refractivity contribution in [3.63, 3.8) is 0 Å². The number of thiocarbonyl (C=S) groups is 1. The van der Waals surface area contributed by atoms with Gasteiger partial charge in [0.05, 0.1) is 23.2 Å². The van der Waals surface area contributed by atoms with Crippen LogP contribution >= 0.6 is 12.2 Å². The molecule has 0 saturated heterocycles. The lowest BCUT2D eigenvalue weighted by atomic mass is 10.2. The van der Waals surface area contributed by atoms with Crippen molar-refractivity contribution in [3.8, 4) is 0 Å². The minimum Gasteiger partial charge on any atom is -0.377 e. The van der Waals surface area contributed by atoms with Crippen molar-refractivity contribution in [1.29, 1.82) is 0 Å². The lowest BCUT2D eigenvalue weighted by Gasteiger charge is -2.01. The van der Waals surface area contributed by atoms with Gasteiger partial charge in [-0.05, 0) is 12.1 Å². The summed E-state index contributed by atoms with van der Waals surface area (Å²) in [4.78, 5) is 4.48. The molecule has 0 amide bonds. The maximum Gasteiger partial charge on any atom is 0.0706 e. The highest BCUT2D eigenvalue weighted by molar-refractivity contribution is 7.78. The summed E-state index contributed by atoms with van der Waals surface area (Å²) < 4.78 is 0. The normalized spacial score (nSPS) is 10.0. The van der Waals surface area contributed by atoms with E-state index in [9.17, 15) is 0 Å². The van der Waals surface area contributed by atoms with Crippen molar-refractivity contribution >= 4 is 28.6 Å². The van der Waals surface area contributed by atoms with Crippen LogP contribution in [0.5, 0.6) is 0 Å². The molecule has 14 heavy (non-hydrogen) atoms. The molecule has 1 N–H and O–H groups in total. The molecule has 2 rings (SSSR count). The Bertz CT molecular complexity index is 454. The summed E-state index contributed by atoms with van der Waals surface area (Å²) in [5, 5.41) is 4.12. The molecule has 0 saturated carbocycles. The van der Waals surface area contributed by atoms with Gasteiger partial charge in [0.2, 0.25) is 0 Å². The highest BCUT2D eigenvalue weighted by atomic mass is 32.1. The number of pyridine rings is 1. The molecular weight excluding hydrogens is 192 g/mol. The Labute approximate surface area is 88.0 Å². The fraction of sp³-hybridized carbons (Fsp3) is 0.0909. The van der Waals surface area contributed by atoms with Gasteiger partial charge in [-0.3, -0.25) is 4.98 Å². The van der Waals surface area contributed by atoms with Gasteiger partial charge in [-0.1, -0.05) is 36.5 Å². The second-order valence-corrected chi connectivity index (χ2v) is 3.23. The van der Waals surface area contributed by atoms with E-state index in [1.54, 1.807) is 0 Å². The van der Waals surface area contributed by atoms with E-state index >= 15 is 0 Å². The summed E-state index contributed by atoms with van der Waals surface area (Å²) in [5.41, 5.74) is 3.54. The average Bonchev–Trinajstić information content (AvgIpc) is 2.26. The number of para-hydroxylation sites is 1. The Balaban J connectivity index is 2.36. The zero-order valence-electron chi connectivity index (χ0n) is 7.60. The van der Waals surface area contributed by atoms with Crippen LogP contribution in [0, 0.1) is 0 Å². The SMILES string of the molecule is S=CNCc1ccc2ccccc2n1. The highest BCUT2D eigenvalue weighted by Crippen LogP contribution is 2.11. The third-order valence-electron chi connectivity index (χ3n) is 2.02. The van der Waals surface area contributed by atoms with Gasteiger partial charge in [0, 0.05) is 5.39 Å². The van der Waals surface area contributed by atoms with E-state index in [2.05, 4.69) is 34.7 Å². The summed E-state index contributed by atoms with van der Waals surface area (Å²) in [7, 11) is 0. The van der Waals surface area contributed by atoms with Gasteiger partial charge in [0.15, 0.2) is 0 Å². The predicted octanol–water partition coefficient (Wildman–Crippen LogP) is 2.28. The highest BCUT2D eigenvalue weighted by Gasteiger charge is 1.95. The van der Waals surface area contributed by atoms with E-state index < -0.39 is 0 Å². The van der Waals surface area contributed by atoms with Gasteiger partial charge in [0.25, 0.3) is 0 Å². The minimum atomic E-state index is 0.689. The number of rotatable bonds is 3. The van der Waals surface area contributed by atoms with Gasteiger partial charge in [0.1, 0.15) is 0 Å². The molecule has 1 heterocycles. The van der Waals surface area contributed by atoms with Crippen LogP contribution in [0.2, 0.25) is 0 Å². The number of hydrogen-bond acceptors (Lipinski definition) is 2. The molecule has 0 fully saturated rings. The number of fused-ring (bicyclic) bond motifs is 1. The lowest BCUT2D eigenvalue weighted by molar-refractivity contribution is 0.905. The molecule has 2 nitrogen and oxygen atoms in total. The Morgan fingerprint density at radius 2 is 2.07 bits per heavy atom. The molecule has 0 bridgehead atoms.